The molecule has 0 unspecified atom stereocenters. The number of hydrogen-bond donors (Lipinski definition) is 0. The smallest absolute Gasteiger partial charge is 0.135 e. The summed E-state index contributed by atoms with van der Waals surface area (Å²) in [5, 5.41) is 4.69. The average Bonchev–Trinajstić information content (AvgIpc) is 0.731. The highest BCUT2D eigenvalue weighted by molar-refractivity contribution is 6.14. The first-order chi connectivity index (χ1) is 47.4. The minimum atomic E-state index is 0.591. The van der Waals surface area contributed by atoms with Gasteiger partial charge in [0.05, 0.1) is 26.4 Å². The van der Waals surface area contributed by atoms with Gasteiger partial charge in [-0.05, 0) is 273 Å². The zero-order chi connectivity index (χ0) is 65.7. The molecule has 3 fully saturated rings. The maximum absolute atomic E-state index is 7.52. The summed E-state index contributed by atoms with van der Waals surface area (Å²) >= 11 is 0. The van der Waals surface area contributed by atoms with Gasteiger partial charge in [0.2, 0.25) is 0 Å². The van der Waals surface area contributed by atoms with E-state index in [4.69, 9.17) is 18.9 Å². The molecule has 3 aliphatic carbocycles. The molecule has 0 N–H and O–H groups in total. The topological polar surface area (TPSA) is 36.9 Å². The number of ether oxygens (including phenoxy) is 4. The summed E-state index contributed by atoms with van der Waals surface area (Å²) < 4.78 is 27.8. The number of aryl methyl sites for hydroxylation is 1. The lowest BCUT2D eigenvalue weighted by Gasteiger charge is -2.29. The fourth-order valence-corrected chi connectivity index (χ4v) is 16.9. The van der Waals surface area contributed by atoms with Gasteiger partial charge in [0.1, 0.15) is 23.0 Å². The lowest BCUT2D eigenvalue weighted by Crippen LogP contribution is -2.13. The Morgan fingerprint density at radius 2 is 0.625 bits per heavy atom. The Hall–Kier alpha value is -7.30. The van der Waals surface area contributed by atoms with Gasteiger partial charge in [0, 0.05) is 22.3 Å². The molecule has 504 valence electrons. The van der Waals surface area contributed by atoms with Crippen LogP contribution >= 0.6 is 0 Å². The van der Waals surface area contributed by atoms with Crippen molar-refractivity contribution in [2.24, 2.45) is 17.8 Å². The lowest BCUT2D eigenvalue weighted by molar-refractivity contribution is 0.286. The Morgan fingerprint density at radius 3 is 0.990 bits per heavy atom. The van der Waals surface area contributed by atoms with Crippen LogP contribution in [0.1, 0.15) is 241 Å². The molecule has 3 aliphatic rings. The highest BCUT2D eigenvalue weighted by Gasteiger charge is 2.29. The van der Waals surface area contributed by atoms with E-state index in [1.165, 1.54) is 171 Å². The number of rotatable bonds is 33. The van der Waals surface area contributed by atoms with E-state index in [0.29, 0.717) is 31.0 Å². The summed E-state index contributed by atoms with van der Waals surface area (Å²) in [5.41, 5.74) is 15.0. The van der Waals surface area contributed by atoms with Crippen LogP contribution in [0.4, 0.5) is 0 Å². The molecular formula is C92H112O4. The van der Waals surface area contributed by atoms with Gasteiger partial charge in [-0.3, -0.25) is 0 Å². The third-order valence-corrected chi connectivity index (χ3v) is 22.4. The Morgan fingerprint density at radius 1 is 0.302 bits per heavy atom. The van der Waals surface area contributed by atoms with E-state index >= 15 is 0 Å². The molecule has 0 spiro atoms. The van der Waals surface area contributed by atoms with Crippen LogP contribution in [0.5, 0.6) is 23.0 Å². The predicted molar refractivity (Wildman–Crippen MR) is 408 cm³/mol. The molecule has 12 rings (SSSR count). The molecule has 9 aromatic rings. The van der Waals surface area contributed by atoms with Crippen LogP contribution in [0.2, 0.25) is 0 Å². The van der Waals surface area contributed by atoms with Crippen molar-refractivity contribution in [1.82, 2.24) is 0 Å². The van der Waals surface area contributed by atoms with Gasteiger partial charge < -0.3 is 18.9 Å². The second kappa shape index (κ2) is 35.3. The minimum absolute atomic E-state index is 0.591. The van der Waals surface area contributed by atoms with E-state index in [0.717, 1.165) is 151 Å². The molecule has 0 radical (unpaired) electrons. The minimum Gasteiger partial charge on any atom is -0.494 e. The molecule has 4 heteroatoms. The van der Waals surface area contributed by atoms with E-state index in [1.54, 1.807) is 0 Å². The molecule has 0 bridgehead atoms. The lowest BCUT2D eigenvalue weighted by atomic mass is 9.77. The zero-order valence-corrected chi connectivity index (χ0v) is 59.0. The first-order valence-electron chi connectivity index (χ1n) is 38.6. The summed E-state index contributed by atoms with van der Waals surface area (Å²) in [6.45, 7) is 11.9. The van der Waals surface area contributed by atoms with Crippen LogP contribution in [0, 0.1) is 17.8 Å². The highest BCUT2D eigenvalue weighted by Crippen LogP contribution is 2.53. The summed E-state index contributed by atoms with van der Waals surface area (Å²) in [4.78, 5) is 0. The molecule has 4 nitrogen and oxygen atoms in total. The molecule has 0 aliphatic heterocycles. The van der Waals surface area contributed by atoms with Crippen LogP contribution in [-0.2, 0) is 6.42 Å². The predicted octanol–water partition coefficient (Wildman–Crippen LogP) is 26.9. The van der Waals surface area contributed by atoms with Crippen molar-refractivity contribution in [1.29, 1.82) is 0 Å². The van der Waals surface area contributed by atoms with Crippen molar-refractivity contribution in [2.45, 2.75) is 225 Å². The van der Waals surface area contributed by atoms with Crippen LogP contribution in [0.25, 0.3) is 66.1 Å². The molecule has 0 heterocycles. The van der Waals surface area contributed by atoms with Crippen molar-refractivity contribution in [2.75, 3.05) is 26.4 Å². The fraction of sp³-hybridized carbons (Fsp3) is 0.457. The van der Waals surface area contributed by atoms with Crippen molar-refractivity contribution in [3.05, 3.63) is 204 Å². The summed E-state index contributed by atoms with van der Waals surface area (Å²) in [5.74, 6) is 8.55. The molecule has 0 atom stereocenters. The molecule has 0 amide bonds. The number of benzene rings is 9. The second-order valence-electron chi connectivity index (χ2n) is 29.2. The van der Waals surface area contributed by atoms with Gasteiger partial charge in [-0.2, -0.15) is 0 Å². The van der Waals surface area contributed by atoms with E-state index in [1.807, 2.05) is 0 Å². The van der Waals surface area contributed by atoms with Crippen LogP contribution in [0.15, 0.2) is 182 Å². The van der Waals surface area contributed by atoms with Gasteiger partial charge in [-0.25, -0.2) is 0 Å². The van der Waals surface area contributed by atoms with Gasteiger partial charge in [0.25, 0.3) is 0 Å². The highest BCUT2D eigenvalue weighted by atomic mass is 16.5. The van der Waals surface area contributed by atoms with Gasteiger partial charge in [0.15, 0.2) is 0 Å². The average molecular weight is 1280 g/mol. The Kier molecular flexibility index (Phi) is 25.2. The van der Waals surface area contributed by atoms with E-state index in [-0.39, 0.29) is 0 Å². The van der Waals surface area contributed by atoms with Crippen molar-refractivity contribution >= 4 is 21.5 Å². The Labute approximate surface area is 578 Å². The van der Waals surface area contributed by atoms with Crippen LogP contribution in [0.3, 0.4) is 0 Å². The number of unbranched alkanes of at least 4 members (excludes halogenated alkanes) is 6. The van der Waals surface area contributed by atoms with Gasteiger partial charge in [-0.1, -0.05) is 218 Å². The van der Waals surface area contributed by atoms with Crippen molar-refractivity contribution in [3.8, 4) is 67.5 Å². The fourth-order valence-electron chi connectivity index (χ4n) is 16.9. The second-order valence-corrected chi connectivity index (χ2v) is 29.2. The third-order valence-electron chi connectivity index (χ3n) is 22.4. The SMILES string of the molecule is CCCc1ccc(-c2ccc(-c3cc4ccccc4c(-c4c(OCCCCCCOc5ccc(C6CCC(CCC)CC6)cc5)c(-c5ccc(C6CCC(CCC)CC6)cc5)cc5ccccc45)c3OCCCCCCOc3ccc(C4CCC(CCC)CC4)cc3)cc2)cc1. The Bertz CT molecular complexity index is 3780. The van der Waals surface area contributed by atoms with Crippen molar-refractivity contribution in [3.63, 3.8) is 0 Å². The monoisotopic (exact) mass is 1280 g/mol. The van der Waals surface area contributed by atoms with E-state index in [2.05, 4.69) is 210 Å². The molecular weight excluding hydrogens is 1170 g/mol. The molecule has 0 aromatic heterocycles. The largest absolute Gasteiger partial charge is 0.494 e. The zero-order valence-electron chi connectivity index (χ0n) is 59.0. The third kappa shape index (κ3) is 17.9. The molecule has 9 aromatic carbocycles. The maximum Gasteiger partial charge on any atom is 0.135 e. The van der Waals surface area contributed by atoms with Gasteiger partial charge in [-0.15, -0.1) is 0 Å². The van der Waals surface area contributed by atoms with Crippen LogP contribution in [-0.4, -0.2) is 26.4 Å². The van der Waals surface area contributed by atoms with E-state index < -0.39 is 0 Å². The quantitative estimate of drug-likeness (QED) is 0.0384. The number of fused-ring (bicyclic) bond motifs is 2. The van der Waals surface area contributed by atoms with Gasteiger partial charge >= 0.3 is 0 Å². The van der Waals surface area contributed by atoms with Crippen LogP contribution < -0.4 is 18.9 Å². The number of hydrogen-bond acceptors (Lipinski definition) is 4. The van der Waals surface area contributed by atoms with Crippen molar-refractivity contribution < 1.29 is 18.9 Å². The molecule has 3 saturated carbocycles. The normalized spacial score (nSPS) is 19.0. The first-order valence-corrected chi connectivity index (χ1v) is 38.6. The Balaban J connectivity index is 0.815. The summed E-state index contributed by atoms with van der Waals surface area (Å²) in [6, 6.07) is 68.9. The summed E-state index contributed by atoms with van der Waals surface area (Å²) in [7, 11) is 0. The molecule has 96 heavy (non-hydrogen) atoms. The van der Waals surface area contributed by atoms with E-state index in [9.17, 15) is 0 Å². The first kappa shape index (κ1) is 68.6. The maximum atomic E-state index is 7.52. The molecule has 0 saturated heterocycles. The standard InChI is InChI=1S/C92H112O4/c1-5-21-67-29-37-71(38-30-67)75-45-49-79(50-46-75)87-65-81-25-13-15-27-85(81)89(91(87)95-63-19-11-9-17-61-93-83-57-53-77(54-58-83)73-41-33-69(23-7-3)34-42-73)90-86-28-16-14-26-82(86)66-88(80-51-47-76(48-52-80)72-39-31-68(22-6-2)32-40-72)92(90)96-64-20-12-10-18-62-94-84-59-55-78(56-60-84)74-43-35-70(24-8-4)36-44-74/h13-16,25-30,37-38,45-60,65-66,68-70,72-74H,5-12,17-24,31-36,39-44,61-64H2,1-4H3. The summed E-state index contributed by atoms with van der Waals surface area (Å²) in [6.07, 6.45) is 34.5.